The molecule has 2 N–H and O–H groups in total. The molecule has 0 fully saturated rings. The maximum atomic E-state index is 12.6. The molecule has 0 aliphatic rings. The van der Waals surface area contributed by atoms with Crippen molar-refractivity contribution < 1.29 is 24.5 Å². The topological polar surface area (TPSA) is 87.1 Å². The summed E-state index contributed by atoms with van der Waals surface area (Å²) in [5.41, 5.74) is 4.63. The third-order valence-electron chi connectivity index (χ3n) is 6.83. The molecular weight excluding hydrogens is 454 g/mol. The van der Waals surface area contributed by atoms with Crippen LogP contribution < -0.4 is 4.74 Å². The Morgan fingerprint density at radius 1 is 1.06 bits per heavy atom. The van der Waals surface area contributed by atoms with Crippen LogP contribution in [0.4, 0.5) is 0 Å². The number of carboxylic acids is 1. The number of hydrogen-bond acceptors (Lipinski definition) is 4. The number of carboxylic acid groups (broad SMARTS) is 1. The average Bonchev–Trinajstić information content (AvgIpc) is 2.79. The molecule has 0 heterocycles. The van der Waals surface area contributed by atoms with Gasteiger partial charge in [0.2, 0.25) is 0 Å². The second-order valence-electron chi connectivity index (χ2n) is 11.0. The van der Waals surface area contributed by atoms with E-state index in [0.717, 1.165) is 36.1 Å². The minimum atomic E-state index is -1.03. The number of hydrogen-bond donors (Lipinski definition) is 2. The predicted molar refractivity (Wildman–Crippen MR) is 144 cm³/mol. The van der Waals surface area contributed by atoms with Gasteiger partial charge in [-0.3, -0.25) is 9.59 Å². The van der Waals surface area contributed by atoms with Crippen LogP contribution in [0.5, 0.6) is 5.75 Å². The van der Waals surface area contributed by atoms with Gasteiger partial charge in [-0.1, -0.05) is 52.0 Å². The summed E-state index contributed by atoms with van der Waals surface area (Å²) in [6.45, 7) is 13.7. The molecule has 0 aliphatic heterocycles. The lowest BCUT2D eigenvalue weighted by molar-refractivity contribution is -0.137. The van der Waals surface area contributed by atoms with Gasteiger partial charge in [-0.25, -0.2) is 0 Å². The van der Waals surface area contributed by atoms with Crippen LogP contribution in [-0.2, 0) is 11.2 Å². The average molecular weight is 498 g/mol. The maximum Gasteiger partial charge on any atom is 0.323 e. The third-order valence-corrected chi connectivity index (χ3v) is 6.83. The minimum absolute atomic E-state index is 0.249. The second kappa shape index (κ2) is 12.4. The van der Waals surface area contributed by atoms with Crippen molar-refractivity contribution in [1.29, 1.82) is 0 Å². The Morgan fingerprint density at radius 2 is 1.72 bits per heavy atom. The van der Waals surface area contributed by atoms with Gasteiger partial charge >= 0.3 is 5.97 Å². The van der Waals surface area contributed by atoms with E-state index in [1.807, 2.05) is 59.7 Å². The van der Waals surface area contributed by atoms with Crippen LogP contribution in [0.1, 0.15) is 86.0 Å². The number of aliphatic carboxylic acids is 1. The van der Waals surface area contributed by atoms with E-state index in [9.17, 15) is 14.7 Å². The summed E-state index contributed by atoms with van der Waals surface area (Å²) in [4.78, 5) is 24.8. The van der Waals surface area contributed by atoms with Gasteiger partial charge in [0.15, 0.2) is 0 Å². The van der Waals surface area contributed by atoms with E-state index in [-0.39, 0.29) is 24.0 Å². The first-order valence-corrected chi connectivity index (χ1v) is 12.8. The molecular formula is C30H43NO5. The second-order valence-corrected chi connectivity index (χ2v) is 11.0. The highest BCUT2D eigenvalue weighted by Crippen LogP contribution is 2.30. The van der Waals surface area contributed by atoms with Crippen molar-refractivity contribution in [2.75, 3.05) is 13.6 Å². The van der Waals surface area contributed by atoms with E-state index in [1.54, 1.807) is 0 Å². The molecule has 0 saturated heterocycles. The van der Waals surface area contributed by atoms with Gasteiger partial charge in [-0.15, -0.1) is 0 Å². The molecule has 0 spiro atoms. The first-order chi connectivity index (χ1) is 16.7. The Bertz CT molecular complexity index is 1060. The molecule has 0 radical (unpaired) electrons. The van der Waals surface area contributed by atoms with Gasteiger partial charge in [0.05, 0.1) is 6.10 Å². The summed E-state index contributed by atoms with van der Waals surface area (Å²) >= 11 is 0. The number of ether oxygens (including phenoxy) is 1. The van der Waals surface area contributed by atoms with Gasteiger partial charge in [-0.05, 0) is 85.8 Å². The number of benzene rings is 2. The summed E-state index contributed by atoms with van der Waals surface area (Å²) in [7, 11) is 1.50. The highest BCUT2D eigenvalue weighted by atomic mass is 16.5. The van der Waals surface area contributed by atoms with Gasteiger partial charge in [0, 0.05) is 12.6 Å². The van der Waals surface area contributed by atoms with Crippen LogP contribution in [-0.4, -0.2) is 52.8 Å². The smallest absolute Gasteiger partial charge is 0.323 e. The van der Waals surface area contributed by atoms with Crippen LogP contribution in [0.3, 0.4) is 0 Å². The van der Waals surface area contributed by atoms with Gasteiger partial charge < -0.3 is 19.8 Å². The first-order valence-electron chi connectivity index (χ1n) is 12.8. The lowest BCUT2D eigenvalue weighted by Crippen LogP contribution is -2.39. The highest BCUT2D eigenvalue weighted by Gasteiger charge is 2.29. The van der Waals surface area contributed by atoms with Crippen molar-refractivity contribution in [3.63, 3.8) is 0 Å². The lowest BCUT2D eigenvalue weighted by Gasteiger charge is -2.31. The fourth-order valence-electron chi connectivity index (χ4n) is 4.58. The summed E-state index contributed by atoms with van der Waals surface area (Å²) in [6.07, 6.45) is 2.00. The zero-order valence-electron chi connectivity index (χ0n) is 23.1. The van der Waals surface area contributed by atoms with E-state index in [4.69, 9.17) is 9.84 Å². The molecule has 198 valence electrons. The Hall–Kier alpha value is -2.86. The fraction of sp³-hybridized carbons (Fsp3) is 0.533. The first kappa shape index (κ1) is 29.4. The molecule has 6 nitrogen and oxygen atoms in total. The molecule has 3 unspecified atom stereocenters. The highest BCUT2D eigenvalue weighted by molar-refractivity contribution is 5.97. The molecule has 0 aliphatic carbocycles. The monoisotopic (exact) mass is 497 g/mol. The number of nitrogens with zero attached hydrogens (tertiary/aromatic N) is 1. The van der Waals surface area contributed by atoms with Crippen LogP contribution >= 0.6 is 0 Å². The Kier molecular flexibility index (Phi) is 10.1. The fourth-order valence-corrected chi connectivity index (χ4v) is 4.58. The third kappa shape index (κ3) is 7.82. The number of aryl methyl sites for hydroxylation is 3. The van der Waals surface area contributed by atoms with Crippen molar-refractivity contribution in [3.8, 4) is 5.75 Å². The molecule has 2 aromatic rings. The molecule has 0 aromatic heterocycles. The molecule has 6 heteroatoms. The van der Waals surface area contributed by atoms with E-state index >= 15 is 0 Å². The van der Waals surface area contributed by atoms with E-state index in [1.165, 1.54) is 23.1 Å². The number of aliphatic hydroxyl groups is 1. The number of likely N-dealkylation sites (N-methyl/N-ethyl adjacent to an activating group) is 1. The SMILES string of the molecule is CCC(CCc1ccc(OC(C)C(O)C(C)(C)C)c(C)c1)c1ccc(C(=O)N(C)CC(=O)O)c(C)c1. The predicted octanol–water partition coefficient (Wildman–Crippen LogP) is 5.76. The molecule has 0 bridgehead atoms. The number of aliphatic hydroxyl groups excluding tert-OH is 1. The van der Waals surface area contributed by atoms with Crippen LogP contribution in [0.25, 0.3) is 0 Å². The normalized spacial score (nSPS) is 14.1. The Labute approximate surface area is 216 Å². The van der Waals surface area contributed by atoms with Crippen LogP contribution in [0.2, 0.25) is 0 Å². The van der Waals surface area contributed by atoms with Gasteiger partial charge in [0.25, 0.3) is 5.91 Å². The Morgan fingerprint density at radius 3 is 2.25 bits per heavy atom. The summed E-state index contributed by atoms with van der Waals surface area (Å²) in [5.74, 6) is -0.164. The molecule has 36 heavy (non-hydrogen) atoms. The van der Waals surface area contributed by atoms with Crippen molar-refractivity contribution in [1.82, 2.24) is 4.90 Å². The maximum absolute atomic E-state index is 12.6. The zero-order valence-corrected chi connectivity index (χ0v) is 23.1. The largest absolute Gasteiger partial charge is 0.488 e. The van der Waals surface area contributed by atoms with Gasteiger partial charge in [-0.2, -0.15) is 0 Å². The molecule has 3 atom stereocenters. The summed E-state index contributed by atoms with van der Waals surface area (Å²) in [5, 5.41) is 19.5. The lowest BCUT2D eigenvalue weighted by atomic mass is 9.86. The van der Waals surface area contributed by atoms with Crippen molar-refractivity contribution in [2.45, 2.75) is 85.9 Å². The van der Waals surface area contributed by atoms with E-state index < -0.39 is 12.1 Å². The van der Waals surface area contributed by atoms with E-state index in [2.05, 4.69) is 25.1 Å². The zero-order chi connectivity index (χ0) is 27.2. The summed E-state index contributed by atoms with van der Waals surface area (Å²) in [6, 6.07) is 12.1. The molecule has 2 aromatic carbocycles. The number of amides is 1. The van der Waals surface area contributed by atoms with Crippen LogP contribution in [0.15, 0.2) is 36.4 Å². The number of carbonyl (C=O) groups is 2. The Balaban J connectivity index is 2.07. The van der Waals surface area contributed by atoms with Gasteiger partial charge in [0.1, 0.15) is 18.4 Å². The standard InChI is InChI=1S/C30H43NO5/c1-9-23(24-13-14-25(19(2)17-24)29(35)31(8)18-27(32)33)12-10-22-11-15-26(20(3)16-22)36-21(4)28(34)30(5,6)7/h11,13-17,21,23,28,34H,9-10,12,18H2,1-8H3,(H,32,33). The van der Waals surface area contributed by atoms with Crippen LogP contribution in [0, 0.1) is 19.3 Å². The molecule has 2 rings (SSSR count). The van der Waals surface area contributed by atoms with Crippen molar-refractivity contribution in [3.05, 3.63) is 64.2 Å². The molecule has 1 amide bonds. The number of carbonyl (C=O) groups excluding carboxylic acids is 1. The summed E-state index contributed by atoms with van der Waals surface area (Å²) < 4.78 is 6.07. The number of rotatable bonds is 11. The van der Waals surface area contributed by atoms with Crippen molar-refractivity contribution in [2.24, 2.45) is 5.41 Å². The van der Waals surface area contributed by atoms with E-state index in [0.29, 0.717) is 11.5 Å². The minimum Gasteiger partial charge on any atom is -0.488 e. The quantitative estimate of drug-likeness (QED) is 0.412. The van der Waals surface area contributed by atoms with Crippen molar-refractivity contribution >= 4 is 11.9 Å². The molecule has 0 saturated carbocycles.